The monoisotopic (exact) mass is 466 g/mol. The summed E-state index contributed by atoms with van der Waals surface area (Å²) in [6.07, 6.45) is 7.69. The molecule has 0 saturated heterocycles. The Labute approximate surface area is 200 Å². The van der Waals surface area contributed by atoms with Crippen molar-refractivity contribution in [2.75, 3.05) is 11.5 Å². The number of hydrogen-bond donors (Lipinski definition) is 1. The van der Waals surface area contributed by atoms with E-state index in [1.165, 1.54) is 30.0 Å². The van der Waals surface area contributed by atoms with Gasteiger partial charge in [0.15, 0.2) is 5.69 Å². The molecular formula is C26H34N4O4. The van der Waals surface area contributed by atoms with Gasteiger partial charge in [-0.2, -0.15) is 5.10 Å². The van der Waals surface area contributed by atoms with Crippen LogP contribution in [0.4, 0.5) is 5.69 Å². The van der Waals surface area contributed by atoms with Crippen molar-refractivity contribution in [3.05, 3.63) is 47.3 Å². The highest BCUT2D eigenvalue weighted by Crippen LogP contribution is 2.35. The molecule has 4 rings (SSSR count). The van der Waals surface area contributed by atoms with E-state index in [9.17, 15) is 14.4 Å². The highest BCUT2D eigenvalue weighted by atomic mass is 16.5. The van der Waals surface area contributed by atoms with E-state index in [0.29, 0.717) is 5.69 Å². The molecule has 1 aromatic carbocycles. The van der Waals surface area contributed by atoms with Crippen molar-refractivity contribution in [3.8, 4) is 0 Å². The SMILES string of the molecule is CCOC(=O)c1cc2n(n1)C[C@](C)(C(=O)NC1CCCCCCC1)N(c1ccccc1C)C2=O. The van der Waals surface area contributed by atoms with Crippen LogP contribution in [0.3, 0.4) is 0 Å². The number of nitrogens with zero attached hydrogens (tertiary/aromatic N) is 3. The van der Waals surface area contributed by atoms with E-state index < -0.39 is 11.5 Å². The summed E-state index contributed by atoms with van der Waals surface area (Å²) in [6.45, 7) is 5.78. The number of nitrogens with one attached hydrogen (secondary N) is 1. The Morgan fingerprint density at radius 3 is 2.50 bits per heavy atom. The van der Waals surface area contributed by atoms with Crippen LogP contribution >= 0.6 is 0 Å². The van der Waals surface area contributed by atoms with Crippen molar-refractivity contribution in [3.63, 3.8) is 0 Å². The van der Waals surface area contributed by atoms with E-state index in [1.807, 2.05) is 31.2 Å². The molecule has 0 radical (unpaired) electrons. The van der Waals surface area contributed by atoms with Gasteiger partial charge in [0.25, 0.3) is 5.91 Å². The molecule has 2 aliphatic rings. The van der Waals surface area contributed by atoms with Crippen LogP contribution in [-0.4, -0.2) is 45.8 Å². The van der Waals surface area contributed by atoms with E-state index in [-0.39, 0.29) is 42.4 Å². The number of aromatic nitrogens is 2. The summed E-state index contributed by atoms with van der Waals surface area (Å²) in [6, 6.07) is 9.09. The molecule has 1 fully saturated rings. The van der Waals surface area contributed by atoms with E-state index >= 15 is 0 Å². The molecule has 2 aromatic rings. The normalized spacial score (nSPS) is 21.4. The second-order valence-electron chi connectivity index (χ2n) is 9.51. The summed E-state index contributed by atoms with van der Waals surface area (Å²) < 4.78 is 6.55. The molecule has 1 atom stereocenters. The lowest BCUT2D eigenvalue weighted by Gasteiger charge is -2.44. The Hall–Kier alpha value is -3.16. The number of rotatable bonds is 5. The Kier molecular flexibility index (Phi) is 7.05. The van der Waals surface area contributed by atoms with Crippen LogP contribution in [0, 0.1) is 6.92 Å². The first-order valence-corrected chi connectivity index (χ1v) is 12.3. The molecule has 0 spiro atoms. The number of esters is 1. The maximum absolute atomic E-state index is 13.8. The van der Waals surface area contributed by atoms with Gasteiger partial charge < -0.3 is 10.1 Å². The lowest BCUT2D eigenvalue weighted by molar-refractivity contribution is -0.127. The lowest BCUT2D eigenvalue weighted by Crippen LogP contribution is -2.65. The third kappa shape index (κ3) is 4.58. The minimum atomic E-state index is -1.21. The van der Waals surface area contributed by atoms with E-state index in [4.69, 9.17) is 4.74 Å². The quantitative estimate of drug-likeness (QED) is 0.672. The highest BCUT2D eigenvalue weighted by molar-refractivity contribution is 6.12. The van der Waals surface area contributed by atoms with Crippen LogP contribution < -0.4 is 10.2 Å². The summed E-state index contributed by atoms with van der Waals surface area (Å²) in [5, 5.41) is 7.59. The first kappa shape index (κ1) is 24.0. The number of amides is 2. The van der Waals surface area contributed by atoms with Crippen LogP contribution in [0.5, 0.6) is 0 Å². The number of anilines is 1. The summed E-state index contributed by atoms with van der Waals surface area (Å²) >= 11 is 0. The molecule has 1 saturated carbocycles. The summed E-state index contributed by atoms with van der Waals surface area (Å²) in [4.78, 5) is 41.5. The Morgan fingerprint density at radius 2 is 1.82 bits per heavy atom. The first-order chi connectivity index (χ1) is 16.3. The second-order valence-corrected chi connectivity index (χ2v) is 9.51. The largest absolute Gasteiger partial charge is 0.461 e. The van der Waals surface area contributed by atoms with Crippen molar-refractivity contribution < 1.29 is 19.1 Å². The van der Waals surface area contributed by atoms with Crippen LogP contribution in [0.1, 0.15) is 85.3 Å². The third-order valence-electron chi connectivity index (χ3n) is 6.92. The number of carbonyl (C=O) groups is 3. The van der Waals surface area contributed by atoms with Gasteiger partial charge >= 0.3 is 5.97 Å². The molecule has 2 amide bonds. The minimum Gasteiger partial charge on any atom is -0.461 e. The smallest absolute Gasteiger partial charge is 0.358 e. The van der Waals surface area contributed by atoms with Crippen molar-refractivity contribution in [2.24, 2.45) is 0 Å². The van der Waals surface area contributed by atoms with E-state index in [1.54, 1.807) is 18.7 Å². The van der Waals surface area contributed by atoms with Crippen molar-refractivity contribution in [1.29, 1.82) is 0 Å². The fraction of sp³-hybridized carbons (Fsp3) is 0.538. The summed E-state index contributed by atoms with van der Waals surface area (Å²) in [5.41, 5.74) is 0.686. The number of carbonyl (C=O) groups excluding carboxylic acids is 3. The van der Waals surface area contributed by atoms with Crippen LogP contribution in [0.25, 0.3) is 0 Å². The van der Waals surface area contributed by atoms with E-state index in [2.05, 4.69) is 10.4 Å². The van der Waals surface area contributed by atoms with Gasteiger partial charge in [-0.1, -0.05) is 50.3 Å². The molecule has 1 aliphatic carbocycles. The average molecular weight is 467 g/mol. The number of aryl methyl sites for hydroxylation is 1. The molecule has 1 N–H and O–H groups in total. The topological polar surface area (TPSA) is 93.5 Å². The lowest BCUT2D eigenvalue weighted by atomic mass is 9.91. The molecule has 2 heterocycles. The number of fused-ring (bicyclic) bond motifs is 1. The zero-order chi connectivity index (χ0) is 24.3. The molecular weight excluding hydrogens is 432 g/mol. The van der Waals surface area contributed by atoms with Gasteiger partial charge in [-0.05, 0) is 45.2 Å². The van der Waals surface area contributed by atoms with Gasteiger partial charge in [0, 0.05) is 17.8 Å². The molecule has 34 heavy (non-hydrogen) atoms. The molecule has 1 aromatic heterocycles. The number of benzene rings is 1. The average Bonchev–Trinajstić information content (AvgIpc) is 3.21. The minimum absolute atomic E-state index is 0.0691. The Bertz CT molecular complexity index is 1070. The highest BCUT2D eigenvalue weighted by Gasteiger charge is 2.49. The molecule has 0 unspecified atom stereocenters. The maximum atomic E-state index is 13.8. The van der Waals surface area contributed by atoms with E-state index in [0.717, 1.165) is 31.2 Å². The Balaban J connectivity index is 1.72. The molecule has 8 nitrogen and oxygen atoms in total. The number of para-hydroxylation sites is 1. The molecule has 0 bridgehead atoms. The molecule has 1 aliphatic heterocycles. The van der Waals surface area contributed by atoms with Gasteiger partial charge in [-0.25, -0.2) is 4.79 Å². The summed E-state index contributed by atoms with van der Waals surface area (Å²) in [7, 11) is 0. The van der Waals surface area contributed by atoms with Gasteiger partial charge in [-0.15, -0.1) is 0 Å². The van der Waals surface area contributed by atoms with Gasteiger partial charge in [0.05, 0.1) is 13.2 Å². The maximum Gasteiger partial charge on any atom is 0.358 e. The van der Waals surface area contributed by atoms with Crippen LogP contribution in [0.2, 0.25) is 0 Å². The van der Waals surface area contributed by atoms with Gasteiger partial charge in [0.2, 0.25) is 5.91 Å². The predicted molar refractivity (Wildman–Crippen MR) is 129 cm³/mol. The second kappa shape index (κ2) is 9.99. The Morgan fingerprint density at radius 1 is 1.15 bits per heavy atom. The zero-order valence-corrected chi connectivity index (χ0v) is 20.3. The molecule has 8 heteroatoms. The number of ether oxygens (including phenoxy) is 1. The predicted octanol–water partition coefficient (Wildman–Crippen LogP) is 4.02. The third-order valence-corrected chi connectivity index (χ3v) is 6.92. The first-order valence-electron chi connectivity index (χ1n) is 12.3. The van der Waals surface area contributed by atoms with Crippen molar-refractivity contribution in [2.45, 2.75) is 83.8 Å². The fourth-order valence-corrected chi connectivity index (χ4v) is 5.02. The van der Waals surface area contributed by atoms with Gasteiger partial charge in [0.1, 0.15) is 11.2 Å². The van der Waals surface area contributed by atoms with Crippen LogP contribution in [-0.2, 0) is 16.1 Å². The van der Waals surface area contributed by atoms with Crippen molar-refractivity contribution in [1.82, 2.24) is 15.1 Å². The van der Waals surface area contributed by atoms with Crippen molar-refractivity contribution >= 4 is 23.5 Å². The fourth-order valence-electron chi connectivity index (χ4n) is 5.02. The standard InChI is InChI=1S/C26H34N4O4/c1-4-34-24(32)20-16-22-23(31)30(21-15-11-10-12-18(21)2)26(3,17-29(22)28-20)25(33)27-19-13-8-6-5-7-9-14-19/h10-12,15-16,19H,4-9,13-14,17H2,1-3H3,(H,27,33)/t26-/m1/s1. The molecule has 182 valence electrons. The van der Waals surface area contributed by atoms with Crippen LogP contribution in [0.15, 0.2) is 30.3 Å². The van der Waals surface area contributed by atoms with Gasteiger partial charge in [-0.3, -0.25) is 19.2 Å². The summed E-state index contributed by atoms with van der Waals surface area (Å²) in [5.74, 6) is -1.15. The number of hydrogen-bond acceptors (Lipinski definition) is 5. The zero-order valence-electron chi connectivity index (χ0n) is 20.3.